The van der Waals surface area contributed by atoms with Crippen molar-refractivity contribution in [1.82, 2.24) is 9.88 Å². The van der Waals surface area contributed by atoms with Crippen molar-refractivity contribution in [3.05, 3.63) is 58.9 Å². The van der Waals surface area contributed by atoms with Crippen molar-refractivity contribution < 1.29 is 27.8 Å². The van der Waals surface area contributed by atoms with Crippen molar-refractivity contribution in [1.29, 1.82) is 5.41 Å². The van der Waals surface area contributed by atoms with Crippen LogP contribution in [-0.4, -0.2) is 49.4 Å². The highest BCUT2D eigenvalue weighted by molar-refractivity contribution is 8.93. The number of rotatable bonds is 7. The molecule has 4 rings (SSSR count). The Hall–Kier alpha value is -3.40. The number of Topliss-reactive ketones (excluding diaryl/α,β-unsaturated/α-hetero) is 1. The molecule has 192 valence electrons. The second kappa shape index (κ2) is 10.3. The van der Waals surface area contributed by atoms with Crippen molar-refractivity contribution in [2.24, 2.45) is 0 Å². The summed E-state index contributed by atoms with van der Waals surface area (Å²) in [6.07, 6.45) is 2.88. The van der Waals surface area contributed by atoms with Crippen molar-refractivity contribution in [3.8, 4) is 28.6 Å². The molecule has 0 spiro atoms. The molecule has 8 nitrogen and oxygen atoms in total. The standard InChI is InChI=1S/C26H28FN3O5.BrH/c1-26(2,3)17-8-14(7-16(23(17)33-5)20-10-29-13-35-20)18(31)12-30-11-15-9-19(32-4)24(34-6)22(27)21(15)25(30)28;/h7-10,13,28H,11-12H2,1-6H3;1H. The van der Waals surface area contributed by atoms with Crippen molar-refractivity contribution in [3.63, 3.8) is 0 Å². The predicted octanol–water partition coefficient (Wildman–Crippen LogP) is 5.41. The quantitative estimate of drug-likeness (QED) is 0.385. The molecule has 0 aliphatic carbocycles. The van der Waals surface area contributed by atoms with Crippen LogP contribution in [0.4, 0.5) is 4.39 Å². The Morgan fingerprint density at radius 3 is 2.39 bits per heavy atom. The molecule has 0 radical (unpaired) electrons. The van der Waals surface area contributed by atoms with Crippen LogP contribution in [0.15, 0.2) is 35.2 Å². The largest absolute Gasteiger partial charge is 0.496 e. The number of halogens is 2. The van der Waals surface area contributed by atoms with Gasteiger partial charge < -0.3 is 23.5 Å². The molecule has 0 bridgehead atoms. The van der Waals surface area contributed by atoms with E-state index in [0.29, 0.717) is 28.2 Å². The Morgan fingerprint density at radius 2 is 1.83 bits per heavy atom. The van der Waals surface area contributed by atoms with E-state index in [9.17, 15) is 4.79 Å². The van der Waals surface area contributed by atoms with E-state index in [1.165, 1.54) is 25.5 Å². The lowest BCUT2D eigenvalue weighted by atomic mass is 9.83. The molecule has 0 saturated carbocycles. The Labute approximate surface area is 219 Å². The second-order valence-electron chi connectivity index (χ2n) is 9.31. The normalized spacial score (nSPS) is 12.8. The topological polar surface area (TPSA) is 97.9 Å². The van der Waals surface area contributed by atoms with Gasteiger partial charge in [0.15, 0.2) is 35.3 Å². The molecule has 1 N–H and O–H groups in total. The van der Waals surface area contributed by atoms with Crippen molar-refractivity contribution in [2.45, 2.75) is 32.7 Å². The molecular weight excluding hydrogens is 533 g/mol. The van der Waals surface area contributed by atoms with Gasteiger partial charge in [-0.1, -0.05) is 20.8 Å². The summed E-state index contributed by atoms with van der Waals surface area (Å²) in [5, 5.41) is 8.54. The number of benzene rings is 2. The van der Waals surface area contributed by atoms with Gasteiger partial charge in [0.1, 0.15) is 11.6 Å². The number of nitrogens with one attached hydrogen (secondary N) is 1. The van der Waals surface area contributed by atoms with Gasteiger partial charge in [-0.2, -0.15) is 0 Å². The SMILES string of the molecule is Br.COc1cc2c(c(F)c1OC)C(=N)N(CC(=O)c1cc(-c3cnco3)c(OC)c(C(C)(C)C)c1)C2. The molecule has 0 fully saturated rings. The van der Waals surface area contributed by atoms with E-state index >= 15 is 4.39 Å². The lowest BCUT2D eigenvalue weighted by molar-refractivity contribution is 0.0962. The maximum atomic E-state index is 15.1. The van der Waals surface area contributed by atoms with Crippen LogP contribution in [0.3, 0.4) is 0 Å². The number of amidine groups is 1. The monoisotopic (exact) mass is 561 g/mol. The first-order valence-electron chi connectivity index (χ1n) is 11.0. The van der Waals surface area contributed by atoms with Gasteiger partial charge >= 0.3 is 0 Å². The molecular formula is C26H29BrFN3O5. The minimum Gasteiger partial charge on any atom is -0.496 e. The van der Waals surface area contributed by atoms with Gasteiger partial charge in [-0.25, -0.2) is 9.37 Å². The first-order chi connectivity index (χ1) is 16.6. The zero-order valence-electron chi connectivity index (χ0n) is 21.0. The van der Waals surface area contributed by atoms with Crippen LogP contribution >= 0.6 is 17.0 Å². The Bertz CT molecular complexity index is 1300. The summed E-state index contributed by atoms with van der Waals surface area (Å²) in [7, 11) is 4.34. The highest BCUT2D eigenvalue weighted by atomic mass is 79.9. The van der Waals surface area contributed by atoms with Crippen LogP contribution in [0.2, 0.25) is 0 Å². The number of carbonyl (C=O) groups excluding carboxylic acids is 1. The summed E-state index contributed by atoms with van der Waals surface area (Å²) in [6.45, 7) is 6.18. The molecule has 10 heteroatoms. The third kappa shape index (κ3) is 4.69. The molecule has 36 heavy (non-hydrogen) atoms. The second-order valence-corrected chi connectivity index (χ2v) is 9.31. The summed E-state index contributed by atoms with van der Waals surface area (Å²) >= 11 is 0. The number of fused-ring (bicyclic) bond motifs is 1. The van der Waals surface area contributed by atoms with Crippen LogP contribution in [-0.2, 0) is 12.0 Å². The summed E-state index contributed by atoms with van der Waals surface area (Å²) in [5.74, 6) is 0.284. The highest BCUT2D eigenvalue weighted by Gasteiger charge is 2.33. The Balaban J connectivity index is 0.00000361. The van der Waals surface area contributed by atoms with E-state index < -0.39 is 5.82 Å². The Kier molecular flexibility index (Phi) is 7.78. The number of hydrogen-bond donors (Lipinski definition) is 1. The van der Waals surface area contributed by atoms with Gasteiger partial charge in [0.05, 0.1) is 45.2 Å². The third-order valence-corrected chi connectivity index (χ3v) is 6.06. The number of aromatic nitrogens is 1. The van der Waals surface area contributed by atoms with E-state index in [1.54, 1.807) is 31.5 Å². The van der Waals surface area contributed by atoms with Gasteiger partial charge in [0, 0.05) is 17.7 Å². The fourth-order valence-electron chi connectivity index (χ4n) is 4.32. The number of hydrogen-bond acceptors (Lipinski definition) is 7. The van der Waals surface area contributed by atoms with E-state index in [4.69, 9.17) is 24.0 Å². The minimum absolute atomic E-state index is 0. The molecule has 1 aliphatic rings. The van der Waals surface area contributed by atoms with Crippen LogP contribution in [0.25, 0.3) is 11.3 Å². The predicted molar refractivity (Wildman–Crippen MR) is 139 cm³/mol. The molecule has 3 aromatic rings. The van der Waals surface area contributed by atoms with Crippen LogP contribution in [0.5, 0.6) is 17.2 Å². The average Bonchev–Trinajstić information content (AvgIpc) is 3.46. The zero-order chi connectivity index (χ0) is 25.5. The van der Waals surface area contributed by atoms with Gasteiger partial charge in [0.2, 0.25) is 0 Å². The first kappa shape index (κ1) is 27.2. The Morgan fingerprint density at radius 1 is 1.14 bits per heavy atom. The summed E-state index contributed by atoms with van der Waals surface area (Å²) in [4.78, 5) is 19.0. The summed E-state index contributed by atoms with van der Waals surface area (Å²) < 4.78 is 36.7. The average molecular weight is 562 g/mol. The number of nitrogens with zero attached hydrogens (tertiary/aromatic N) is 2. The van der Waals surface area contributed by atoms with Gasteiger partial charge in [-0.15, -0.1) is 17.0 Å². The van der Waals surface area contributed by atoms with E-state index in [1.807, 2.05) is 20.8 Å². The van der Waals surface area contributed by atoms with Crippen molar-refractivity contribution in [2.75, 3.05) is 27.9 Å². The number of carbonyl (C=O) groups is 1. The van der Waals surface area contributed by atoms with E-state index in [-0.39, 0.29) is 64.2 Å². The molecule has 1 aromatic heterocycles. The zero-order valence-corrected chi connectivity index (χ0v) is 22.7. The van der Waals surface area contributed by atoms with Crippen LogP contribution in [0.1, 0.15) is 47.8 Å². The molecule has 1 aliphatic heterocycles. The molecule has 0 saturated heterocycles. The van der Waals surface area contributed by atoms with Crippen LogP contribution in [0, 0.1) is 11.2 Å². The lowest BCUT2D eigenvalue weighted by Gasteiger charge is -2.25. The van der Waals surface area contributed by atoms with Gasteiger partial charge in [-0.3, -0.25) is 10.2 Å². The van der Waals surface area contributed by atoms with Gasteiger partial charge in [0.25, 0.3) is 0 Å². The smallest absolute Gasteiger partial charge is 0.197 e. The maximum absolute atomic E-state index is 15.1. The number of ether oxygens (including phenoxy) is 3. The molecule has 2 aromatic carbocycles. The number of ketones is 1. The van der Waals surface area contributed by atoms with E-state index in [2.05, 4.69) is 4.98 Å². The third-order valence-electron chi connectivity index (χ3n) is 6.06. The summed E-state index contributed by atoms with van der Waals surface area (Å²) in [6, 6.07) is 5.15. The molecule has 0 unspecified atom stereocenters. The fourth-order valence-corrected chi connectivity index (χ4v) is 4.32. The maximum Gasteiger partial charge on any atom is 0.197 e. The highest BCUT2D eigenvalue weighted by Crippen LogP contribution is 2.41. The first-order valence-corrected chi connectivity index (χ1v) is 11.0. The van der Waals surface area contributed by atoms with Crippen molar-refractivity contribution >= 4 is 28.6 Å². The molecule has 0 amide bonds. The summed E-state index contributed by atoms with van der Waals surface area (Å²) in [5.41, 5.74) is 2.22. The lowest BCUT2D eigenvalue weighted by Crippen LogP contribution is -2.30. The molecule has 2 heterocycles. The van der Waals surface area contributed by atoms with Crippen LogP contribution < -0.4 is 14.2 Å². The minimum atomic E-state index is -0.672. The number of oxazole rings is 1. The van der Waals surface area contributed by atoms with E-state index in [0.717, 1.165) is 5.56 Å². The number of methoxy groups -OCH3 is 3. The fraction of sp³-hybridized carbons (Fsp3) is 0.346. The molecule has 0 atom stereocenters. The van der Waals surface area contributed by atoms with Gasteiger partial charge in [-0.05, 0) is 29.2 Å².